The molecule has 0 bridgehead atoms. The van der Waals surface area contributed by atoms with Crippen LogP contribution in [0.25, 0.3) is 0 Å². The van der Waals surface area contributed by atoms with E-state index in [9.17, 15) is 13.6 Å². The molecule has 0 aliphatic carbocycles. The Hall–Kier alpha value is -1.69. The van der Waals surface area contributed by atoms with E-state index in [-0.39, 0.29) is 18.2 Å². The number of carbonyl (C=O) groups is 1. The van der Waals surface area contributed by atoms with Gasteiger partial charge in [0.2, 0.25) is 5.91 Å². The van der Waals surface area contributed by atoms with E-state index in [1.165, 1.54) is 6.07 Å². The number of rotatable bonds is 3. The summed E-state index contributed by atoms with van der Waals surface area (Å²) in [5.74, 6) is -0.0516. The van der Waals surface area contributed by atoms with E-state index in [4.69, 9.17) is 5.73 Å². The first-order valence-electron chi connectivity index (χ1n) is 5.70. The van der Waals surface area contributed by atoms with E-state index in [0.717, 1.165) is 24.1 Å². The molecule has 0 saturated heterocycles. The van der Waals surface area contributed by atoms with Gasteiger partial charge in [-0.05, 0) is 36.6 Å². The monoisotopic (exact) mass is 256 g/mol. The van der Waals surface area contributed by atoms with E-state index in [1.807, 2.05) is 0 Å². The number of amides is 1. The van der Waals surface area contributed by atoms with Crippen molar-refractivity contribution in [3.63, 3.8) is 0 Å². The zero-order valence-corrected chi connectivity index (χ0v) is 9.73. The molecule has 1 aliphatic heterocycles. The molecule has 0 fully saturated rings. The van der Waals surface area contributed by atoms with E-state index in [0.29, 0.717) is 6.54 Å². The third kappa shape index (κ3) is 2.59. The standard InChI is InChI=1S/C12H14F2N2O2/c13-12(14)18-9-3-4-10-8(6-9)2-1-5-16(10)11(17)7-15/h3-4,6,12H,1-2,5,7,15H2. The molecular weight excluding hydrogens is 242 g/mol. The van der Waals surface area contributed by atoms with Crippen molar-refractivity contribution in [2.75, 3.05) is 18.0 Å². The summed E-state index contributed by atoms with van der Waals surface area (Å²) in [7, 11) is 0. The quantitative estimate of drug-likeness (QED) is 0.892. The van der Waals surface area contributed by atoms with E-state index < -0.39 is 6.61 Å². The van der Waals surface area contributed by atoms with Crippen molar-refractivity contribution in [1.82, 2.24) is 0 Å². The molecule has 0 radical (unpaired) electrons. The molecule has 1 aliphatic rings. The number of alkyl halides is 2. The van der Waals surface area contributed by atoms with Crippen LogP contribution >= 0.6 is 0 Å². The lowest BCUT2D eigenvalue weighted by Crippen LogP contribution is -2.39. The summed E-state index contributed by atoms with van der Waals surface area (Å²) in [4.78, 5) is 13.2. The molecule has 1 heterocycles. The Balaban J connectivity index is 2.27. The Morgan fingerprint density at radius 3 is 2.94 bits per heavy atom. The van der Waals surface area contributed by atoms with Crippen LogP contribution in [0.4, 0.5) is 14.5 Å². The highest BCUT2D eigenvalue weighted by Crippen LogP contribution is 2.31. The van der Waals surface area contributed by atoms with Crippen LogP contribution in [-0.4, -0.2) is 25.6 Å². The number of anilines is 1. The summed E-state index contributed by atoms with van der Waals surface area (Å²) in [6.45, 7) is -2.29. The van der Waals surface area contributed by atoms with Gasteiger partial charge in [-0.15, -0.1) is 0 Å². The largest absolute Gasteiger partial charge is 0.435 e. The lowest BCUT2D eigenvalue weighted by Gasteiger charge is -2.29. The van der Waals surface area contributed by atoms with E-state index in [1.54, 1.807) is 17.0 Å². The number of fused-ring (bicyclic) bond motifs is 1. The summed E-state index contributed by atoms with van der Waals surface area (Å²) >= 11 is 0. The minimum atomic E-state index is -2.84. The molecule has 0 aromatic heterocycles. The topological polar surface area (TPSA) is 55.6 Å². The van der Waals surface area contributed by atoms with Gasteiger partial charge in [-0.3, -0.25) is 4.79 Å². The average Bonchev–Trinajstić information content (AvgIpc) is 2.36. The highest BCUT2D eigenvalue weighted by atomic mass is 19.3. The smallest absolute Gasteiger partial charge is 0.387 e. The first-order chi connectivity index (χ1) is 8.61. The van der Waals surface area contributed by atoms with Gasteiger partial charge in [0.05, 0.1) is 6.54 Å². The predicted octanol–water partition coefficient (Wildman–Crippen LogP) is 1.53. The Morgan fingerprint density at radius 1 is 1.50 bits per heavy atom. The van der Waals surface area contributed by atoms with E-state index >= 15 is 0 Å². The zero-order valence-electron chi connectivity index (χ0n) is 9.73. The van der Waals surface area contributed by atoms with Crippen molar-refractivity contribution in [3.8, 4) is 5.75 Å². The molecule has 2 rings (SSSR count). The van der Waals surface area contributed by atoms with Crippen LogP contribution in [0, 0.1) is 0 Å². The first kappa shape index (κ1) is 12.8. The van der Waals surface area contributed by atoms with Crippen LogP contribution < -0.4 is 15.4 Å². The number of hydrogen-bond donors (Lipinski definition) is 1. The molecule has 4 nitrogen and oxygen atoms in total. The highest BCUT2D eigenvalue weighted by Gasteiger charge is 2.22. The number of benzene rings is 1. The van der Waals surface area contributed by atoms with Gasteiger partial charge in [0.15, 0.2) is 0 Å². The molecule has 6 heteroatoms. The Bertz CT molecular complexity index is 452. The molecule has 1 amide bonds. The fourth-order valence-corrected chi connectivity index (χ4v) is 2.12. The van der Waals surface area contributed by atoms with Crippen LogP contribution in [0.3, 0.4) is 0 Å². The molecule has 2 N–H and O–H groups in total. The number of halogens is 2. The Kier molecular flexibility index (Phi) is 3.76. The number of hydrogen-bond acceptors (Lipinski definition) is 3. The number of carbonyl (C=O) groups excluding carboxylic acids is 1. The molecular formula is C12H14F2N2O2. The van der Waals surface area contributed by atoms with Crippen LogP contribution in [0.2, 0.25) is 0 Å². The average molecular weight is 256 g/mol. The van der Waals surface area contributed by atoms with Gasteiger partial charge in [-0.25, -0.2) is 0 Å². The van der Waals surface area contributed by atoms with Crippen LogP contribution in [0.5, 0.6) is 5.75 Å². The number of nitrogens with zero attached hydrogens (tertiary/aromatic N) is 1. The SMILES string of the molecule is NCC(=O)N1CCCc2cc(OC(F)F)ccc21. The van der Waals surface area contributed by atoms with Gasteiger partial charge in [-0.1, -0.05) is 0 Å². The number of ether oxygens (including phenoxy) is 1. The molecule has 0 unspecified atom stereocenters. The molecule has 1 aromatic carbocycles. The van der Waals surface area contributed by atoms with Crippen LogP contribution in [0.1, 0.15) is 12.0 Å². The Labute approximate surface area is 103 Å². The maximum absolute atomic E-state index is 12.1. The van der Waals surface area contributed by atoms with Gasteiger partial charge in [0, 0.05) is 12.2 Å². The Morgan fingerprint density at radius 2 is 2.28 bits per heavy atom. The van der Waals surface area contributed by atoms with Gasteiger partial charge in [-0.2, -0.15) is 8.78 Å². The second-order valence-electron chi connectivity index (χ2n) is 4.02. The molecule has 0 spiro atoms. The zero-order chi connectivity index (χ0) is 13.1. The summed E-state index contributed by atoms with van der Waals surface area (Å²) < 4.78 is 28.6. The molecule has 0 saturated carbocycles. The third-order valence-corrected chi connectivity index (χ3v) is 2.87. The van der Waals surface area contributed by atoms with Crippen molar-refractivity contribution in [2.45, 2.75) is 19.5 Å². The van der Waals surface area contributed by atoms with Gasteiger partial charge in [0.1, 0.15) is 5.75 Å². The third-order valence-electron chi connectivity index (χ3n) is 2.87. The molecule has 1 aromatic rings. The summed E-state index contributed by atoms with van der Waals surface area (Å²) in [5.41, 5.74) is 6.91. The molecule has 18 heavy (non-hydrogen) atoms. The number of aryl methyl sites for hydroxylation is 1. The fraction of sp³-hybridized carbons (Fsp3) is 0.417. The number of nitrogens with two attached hydrogens (primary N) is 1. The van der Waals surface area contributed by atoms with Crippen LogP contribution in [0.15, 0.2) is 18.2 Å². The van der Waals surface area contributed by atoms with Gasteiger partial charge < -0.3 is 15.4 Å². The van der Waals surface area contributed by atoms with Crippen molar-refractivity contribution < 1.29 is 18.3 Å². The lowest BCUT2D eigenvalue weighted by atomic mass is 10.0. The van der Waals surface area contributed by atoms with Crippen molar-refractivity contribution in [1.29, 1.82) is 0 Å². The van der Waals surface area contributed by atoms with E-state index in [2.05, 4.69) is 4.74 Å². The van der Waals surface area contributed by atoms with Crippen LogP contribution in [-0.2, 0) is 11.2 Å². The fourth-order valence-electron chi connectivity index (χ4n) is 2.12. The van der Waals surface area contributed by atoms with Crippen molar-refractivity contribution in [3.05, 3.63) is 23.8 Å². The first-order valence-corrected chi connectivity index (χ1v) is 5.70. The summed E-state index contributed by atoms with van der Waals surface area (Å²) in [6.07, 6.45) is 1.53. The molecule has 0 atom stereocenters. The second kappa shape index (κ2) is 5.30. The maximum Gasteiger partial charge on any atom is 0.387 e. The lowest BCUT2D eigenvalue weighted by molar-refractivity contribution is -0.117. The maximum atomic E-state index is 12.1. The normalized spacial score (nSPS) is 14.6. The second-order valence-corrected chi connectivity index (χ2v) is 4.02. The predicted molar refractivity (Wildman–Crippen MR) is 62.8 cm³/mol. The van der Waals surface area contributed by atoms with Crippen molar-refractivity contribution >= 4 is 11.6 Å². The molecule has 98 valence electrons. The summed E-state index contributed by atoms with van der Waals surface area (Å²) in [6, 6.07) is 4.62. The van der Waals surface area contributed by atoms with Gasteiger partial charge in [0.25, 0.3) is 0 Å². The van der Waals surface area contributed by atoms with Gasteiger partial charge >= 0.3 is 6.61 Å². The highest BCUT2D eigenvalue weighted by molar-refractivity contribution is 5.95. The van der Waals surface area contributed by atoms with Crippen molar-refractivity contribution in [2.24, 2.45) is 5.73 Å². The summed E-state index contributed by atoms with van der Waals surface area (Å²) in [5, 5.41) is 0. The minimum absolute atomic E-state index is 0.0608. The minimum Gasteiger partial charge on any atom is -0.435 e.